The van der Waals surface area contributed by atoms with Crippen molar-refractivity contribution in [3.8, 4) is 0 Å². The topological polar surface area (TPSA) is 81.5 Å². The molecule has 0 bridgehead atoms. The van der Waals surface area contributed by atoms with Gasteiger partial charge in [0.25, 0.3) is 0 Å². The molecule has 0 heterocycles. The molecule has 0 aromatic heterocycles. The lowest BCUT2D eigenvalue weighted by Gasteiger charge is -2.00. The molecule has 0 saturated carbocycles. The predicted octanol–water partition coefficient (Wildman–Crippen LogP) is 2.43. The number of hydrogen-bond donors (Lipinski definition) is 2. The minimum Gasteiger partial charge on any atom is -0.344 e. The molecule has 0 spiro atoms. The van der Waals surface area contributed by atoms with Crippen LogP contribution >= 0.6 is 7.91 Å². The molecule has 70 valence electrons. The summed E-state index contributed by atoms with van der Waals surface area (Å²) in [6, 6.07) is 0. The van der Waals surface area contributed by atoms with Gasteiger partial charge in [-0.25, -0.2) is 4.57 Å². The van der Waals surface area contributed by atoms with Crippen molar-refractivity contribution in [2.75, 3.05) is 6.61 Å². The second-order valence-electron chi connectivity index (χ2n) is 1.99. The van der Waals surface area contributed by atoms with Gasteiger partial charge in [0.2, 0.25) is 0 Å². The molecular weight excluding hydrogens is 172 g/mol. The van der Waals surface area contributed by atoms with Gasteiger partial charge in [-0.15, -0.1) is 4.20 Å². The van der Waals surface area contributed by atoms with Crippen molar-refractivity contribution in [3.63, 3.8) is 0 Å². The van der Waals surface area contributed by atoms with Crippen molar-refractivity contribution in [1.82, 2.24) is 6.15 Å². The molecule has 0 fully saturated rings. The first kappa shape index (κ1) is 13.6. The van der Waals surface area contributed by atoms with E-state index in [1.807, 2.05) is 6.92 Å². The van der Waals surface area contributed by atoms with E-state index in [0.29, 0.717) is 6.42 Å². The fraction of sp³-hybridized carbons (Fsp3) is 1.00. The number of unbranched alkanes of at least 4 members (excludes halogenated alkanes) is 2. The van der Waals surface area contributed by atoms with E-state index in [9.17, 15) is 8.76 Å². The maximum Gasteiger partial charge on any atom is 0.510 e. The van der Waals surface area contributed by atoms with E-state index in [0.717, 1.165) is 12.8 Å². The van der Waals surface area contributed by atoms with Crippen LogP contribution in [0, 0.1) is 0 Å². The standard InChI is InChI=1S/C5H12FO3P.H3N/c1-2-3-4-5-9-10(6,7)8;/h2-5H2,1H3,(H,7,8);1H3. The molecule has 0 rings (SSSR count). The monoisotopic (exact) mass is 187 g/mol. The average molecular weight is 187 g/mol. The Morgan fingerprint density at radius 2 is 2.09 bits per heavy atom. The third-order valence-electron chi connectivity index (χ3n) is 0.998. The Kier molecular flexibility index (Phi) is 8.33. The zero-order valence-corrected chi connectivity index (χ0v) is 7.52. The summed E-state index contributed by atoms with van der Waals surface area (Å²) in [6.07, 6.45) is 2.50. The highest BCUT2D eigenvalue weighted by molar-refractivity contribution is 7.46. The van der Waals surface area contributed by atoms with Crippen molar-refractivity contribution in [3.05, 3.63) is 0 Å². The summed E-state index contributed by atoms with van der Waals surface area (Å²) in [5, 5.41) is 0. The Morgan fingerprint density at radius 1 is 1.55 bits per heavy atom. The van der Waals surface area contributed by atoms with E-state index in [1.165, 1.54) is 0 Å². The summed E-state index contributed by atoms with van der Waals surface area (Å²) < 4.78 is 25.5. The van der Waals surface area contributed by atoms with Crippen LogP contribution in [0.1, 0.15) is 26.2 Å². The Labute approximate surface area is 66.0 Å². The smallest absolute Gasteiger partial charge is 0.344 e. The van der Waals surface area contributed by atoms with Crippen LogP contribution in [0.5, 0.6) is 0 Å². The highest BCUT2D eigenvalue weighted by Crippen LogP contribution is 2.43. The van der Waals surface area contributed by atoms with Gasteiger partial charge in [0.1, 0.15) is 0 Å². The predicted molar refractivity (Wildman–Crippen MR) is 41.4 cm³/mol. The Balaban J connectivity index is 0. The van der Waals surface area contributed by atoms with E-state index in [4.69, 9.17) is 4.89 Å². The van der Waals surface area contributed by atoms with Crippen molar-refractivity contribution in [2.24, 2.45) is 0 Å². The van der Waals surface area contributed by atoms with Gasteiger partial charge in [0, 0.05) is 0 Å². The highest BCUT2D eigenvalue weighted by atomic mass is 31.2. The molecule has 0 saturated heterocycles. The minimum atomic E-state index is -4.71. The Morgan fingerprint density at radius 3 is 2.45 bits per heavy atom. The van der Waals surface area contributed by atoms with Crippen molar-refractivity contribution in [1.29, 1.82) is 0 Å². The average Bonchev–Trinajstić information content (AvgIpc) is 1.78. The highest BCUT2D eigenvalue weighted by Gasteiger charge is 2.15. The third-order valence-corrected chi connectivity index (χ3v) is 1.50. The summed E-state index contributed by atoms with van der Waals surface area (Å²) in [5.41, 5.74) is 0. The lowest BCUT2D eigenvalue weighted by atomic mass is 10.3. The number of rotatable bonds is 5. The van der Waals surface area contributed by atoms with Gasteiger partial charge in [-0.1, -0.05) is 19.8 Å². The molecule has 11 heavy (non-hydrogen) atoms. The molecule has 0 aliphatic heterocycles. The van der Waals surface area contributed by atoms with Crippen LogP contribution in [0.2, 0.25) is 0 Å². The molecule has 0 aromatic rings. The molecule has 6 heteroatoms. The van der Waals surface area contributed by atoms with Crippen LogP contribution in [0.3, 0.4) is 0 Å². The quantitative estimate of drug-likeness (QED) is 0.511. The molecule has 0 aliphatic rings. The second kappa shape index (κ2) is 6.73. The SMILES string of the molecule is CCCCCOP(=O)(O)F.N. The Bertz CT molecular complexity index is 127. The second-order valence-corrected chi connectivity index (χ2v) is 3.15. The van der Waals surface area contributed by atoms with Crippen molar-refractivity contribution >= 4 is 7.91 Å². The molecule has 4 N–H and O–H groups in total. The van der Waals surface area contributed by atoms with E-state index >= 15 is 0 Å². The van der Waals surface area contributed by atoms with Crippen LogP contribution in [0.4, 0.5) is 4.20 Å². The number of hydrogen-bond acceptors (Lipinski definition) is 3. The number of halogens is 1. The van der Waals surface area contributed by atoms with Crippen molar-refractivity contribution in [2.45, 2.75) is 26.2 Å². The first-order chi connectivity index (χ1) is 4.56. The van der Waals surface area contributed by atoms with E-state index in [1.54, 1.807) is 0 Å². The Hall–Kier alpha value is 0.0400. The van der Waals surface area contributed by atoms with Crippen LogP contribution < -0.4 is 6.15 Å². The fourth-order valence-corrected chi connectivity index (χ4v) is 0.883. The largest absolute Gasteiger partial charge is 0.510 e. The summed E-state index contributed by atoms with van der Waals surface area (Å²) in [5.74, 6) is 0. The summed E-state index contributed by atoms with van der Waals surface area (Å²) in [4.78, 5) is 7.98. The molecular formula is C5H15FNO3P. The lowest BCUT2D eigenvalue weighted by molar-refractivity contribution is 0.222. The van der Waals surface area contributed by atoms with E-state index in [-0.39, 0.29) is 12.8 Å². The summed E-state index contributed by atoms with van der Waals surface area (Å²) in [6.45, 7) is 2.01. The molecule has 0 radical (unpaired) electrons. The molecule has 0 amide bonds. The van der Waals surface area contributed by atoms with Gasteiger partial charge in [-0.05, 0) is 6.42 Å². The minimum absolute atomic E-state index is 0. The maximum atomic E-state index is 11.7. The molecule has 0 aromatic carbocycles. The van der Waals surface area contributed by atoms with Gasteiger partial charge < -0.3 is 6.15 Å². The molecule has 0 aliphatic carbocycles. The molecule has 1 unspecified atom stereocenters. The van der Waals surface area contributed by atoms with Gasteiger partial charge in [-0.3, -0.25) is 9.42 Å². The first-order valence-corrected chi connectivity index (χ1v) is 4.70. The van der Waals surface area contributed by atoms with Crippen LogP contribution in [0.25, 0.3) is 0 Å². The lowest BCUT2D eigenvalue weighted by Crippen LogP contribution is -1.88. The zero-order valence-electron chi connectivity index (χ0n) is 6.62. The van der Waals surface area contributed by atoms with Crippen LogP contribution in [-0.2, 0) is 9.09 Å². The van der Waals surface area contributed by atoms with E-state index in [2.05, 4.69) is 4.52 Å². The van der Waals surface area contributed by atoms with Crippen LogP contribution in [-0.4, -0.2) is 11.5 Å². The maximum absolute atomic E-state index is 11.7. The van der Waals surface area contributed by atoms with Gasteiger partial charge in [0.15, 0.2) is 0 Å². The van der Waals surface area contributed by atoms with Crippen LogP contribution in [0.15, 0.2) is 0 Å². The summed E-state index contributed by atoms with van der Waals surface area (Å²) >= 11 is 0. The summed E-state index contributed by atoms with van der Waals surface area (Å²) in [7, 11) is -4.71. The fourth-order valence-electron chi connectivity index (χ4n) is 0.529. The van der Waals surface area contributed by atoms with Gasteiger partial charge in [-0.2, -0.15) is 0 Å². The first-order valence-electron chi connectivity index (χ1n) is 3.23. The van der Waals surface area contributed by atoms with Gasteiger partial charge in [0.05, 0.1) is 6.61 Å². The van der Waals surface area contributed by atoms with E-state index < -0.39 is 7.91 Å². The normalized spacial score (nSPS) is 15.2. The zero-order chi connectivity index (χ0) is 8.04. The molecule has 4 nitrogen and oxygen atoms in total. The van der Waals surface area contributed by atoms with Gasteiger partial charge >= 0.3 is 7.91 Å². The molecule has 1 atom stereocenters. The van der Waals surface area contributed by atoms with Crippen molar-refractivity contribution < 1.29 is 18.2 Å². The third kappa shape index (κ3) is 13.1.